The Morgan fingerprint density at radius 1 is 0.818 bits per heavy atom. The predicted octanol–water partition coefficient (Wildman–Crippen LogP) is 5.41. The van der Waals surface area contributed by atoms with Crippen LogP contribution in [-0.2, 0) is 0 Å². The lowest BCUT2D eigenvalue weighted by atomic mass is 10.1. The predicted molar refractivity (Wildman–Crippen MR) is 92.2 cm³/mol. The molecule has 106 valence electrons. The number of nitrogens with zero attached hydrogens (tertiary/aromatic N) is 2. The third-order valence-electron chi connectivity index (χ3n) is 3.88. The second-order valence-electron chi connectivity index (χ2n) is 5.36. The number of halogens is 1. The van der Waals surface area contributed by atoms with Crippen molar-refractivity contribution in [1.82, 2.24) is 9.97 Å². The summed E-state index contributed by atoms with van der Waals surface area (Å²) < 4.78 is 0. The summed E-state index contributed by atoms with van der Waals surface area (Å²) in [5.41, 5.74) is 4.91. The number of hydrogen-bond donors (Lipinski definition) is 0. The van der Waals surface area contributed by atoms with Crippen molar-refractivity contribution in [1.29, 1.82) is 0 Å². The quantitative estimate of drug-likeness (QED) is 0.347. The van der Waals surface area contributed by atoms with Crippen LogP contribution >= 0.6 is 11.6 Å². The van der Waals surface area contributed by atoms with Gasteiger partial charge in [-0.05, 0) is 24.6 Å². The van der Waals surface area contributed by atoms with Gasteiger partial charge in [0.25, 0.3) is 0 Å². The minimum absolute atomic E-state index is 0.504. The van der Waals surface area contributed by atoms with Crippen LogP contribution in [0.4, 0.5) is 0 Å². The maximum absolute atomic E-state index is 6.14. The molecule has 22 heavy (non-hydrogen) atoms. The van der Waals surface area contributed by atoms with E-state index in [0.29, 0.717) is 5.15 Å². The van der Waals surface area contributed by atoms with Crippen molar-refractivity contribution in [2.75, 3.05) is 0 Å². The summed E-state index contributed by atoms with van der Waals surface area (Å²) >= 11 is 6.14. The molecular formula is C19H13ClN2. The Balaban J connectivity index is 2.07. The first-order valence-corrected chi connectivity index (χ1v) is 7.52. The molecule has 0 fully saturated rings. The van der Waals surface area contributed by atoms with Crippen LogP contribution < -0.4 is 0 Å². The number of hydrogen-bond acceptors (Lipinski definition) is 2. The van der Waals surface area contributed by atoms with Crippen molar-refractivity contribution in [3.63, 3.8) is 0 Å². The monoisotopic (exact) mass is 304 g/mol. The molecule has 0 aliphatic carbocycles. The van der Waals surface area contributed by atoms with E-state index in [1.54, 1.807) is 0 Å². The van der Waals surface area contributed by atoms with E-state index in [0.717, 1.165) is 38.6 Å². The number of rotatable bonds is 1. The minimum atomic E-state index is 0.504. The van der Waals surface area contributed by atoms with Gasteiger partial charge < -0.3 is 0 Å². The summed E-state index contributed by atoms with van der Waals surface area (Å²) in [6, 6.07) is 20.3. The van der Waals surface area contributed by atoms with Crippen LogP contribution in [-0.4, -0.2) is 9.97 Å². The summed E-state index contributed by atoms with van der Waals surface area (Å²) in [5.74, 6) is 0. The van der Waals surface area contributed by atoms with E-state index in [4.69, 9.17) is 16.6 Å². The topological polar surface area (TPSA) is 25.8 Å². The standard InChI is InChI=1S/C19H13ClN2/c1-12-11-17(20)22-19-15(12)9-7-14-8-10-16(21-18(14)19)13-5-3-2-4-6-13/h2-11H,1H3. The number of fused-ring (bicyclic) bond motifs is 3. The van der Waals surface area contributed by atoms with Gasteiger partial charge in [0.2, 0.25) is 0 Å². The van der Waals surface area contributed by atoms with Crippen molar-refractivity contribution < 1.29 is 0 Å². The highest BCUT2D eigenvalue weighted by Crippen LogP contribution is 2.28. The van der Waals surface area contributed by atoms with Crippen molar-refractivity contribution in [3.05, 3.63) is 71.4 Å². The van der Waals surface area contributed by atoms with Gasteiger partial charge >= 0.3 is 0 Å². The molecule has 0 unspecified atom stereocenters. The summed E-state index contributed by atoms with van der Waals surface area (Å²) in [7, 11) is 0. The highest BCUT2D eigenvalue weighted by atomic mass is 35.5. The van der Waals surface area contributed by atoms with Crippen LogP contribution in [0, 0.1) is 6.92 Å². The SMILES string of the molecule is Cc1cc(Cl)nc2c1ccc1ccc(-c3ccccc3)nc12. The Hall–Kier alpha value is -2.45. The smallest absolute Gasteiger partial charge is 0.130 e. The van der Waals surface area contributed by atoms with E-state index in [-0.39, 0.29) is 0 Å². The Morgan fingerprint density at radius 3 is 2.41 bits per heavy atom. The van der Waals surface area contributed by atoms with Crippen LogP contribution in [0.1, 0.15) is 5.56 Å². The van der Waals surface area contributed by atoms with Crippen LogP contribution in [0.2, 0.25) is 5.15 Å². The zero-order valence-corrected chi connectivity index (χ0v) is 12.8. The minimum Gasteiger partial charge on any atom is -0.245 e. The lowest BCUT2D eigenvalue weighted by Gasteiger charge is -2.08. The van der Waals surface area contributed by atoms with Gasteiger partial charge in [-0.1, -0.05) is 60.1 Å². The lowest BCUT2D eigenvalue weighted by Crippen LogP contribution is -1.90. The molecule has 4 rings (SSSR count). The van der Waals surface area contributed by atoms with Crippen LogP contribution in [0.5, 0.6) is 0 Å². The first kappa shape index (κ1) is 13.2. The average molecular weight is 305 g/mol. The van der Waals surface area contributed by atoms with E-state index >= 15 is 0 Å². The average Bonchev–Trinajstić information content (AvgIpc) is 2.55. The van der Waals surface area contributed by atoms with Gasteiger partial charge in [0, 0.05) is 16.3 Å². The summed E-state index contributed by atoms with van der Waals surface area (Å²) in [5, 5.41) is 2.67. The Morgan fingerprint density at radius 2 is 1.59 bits per heavy atom. The van der Waals surface area contributed by atoms with Crippen LogP contribution in [0.15, 0.2) is 60.7 Å². The first-order valence-electron chi connectivity index (χ1n) is 7.14. The Kier molecular flexibility index (Phi) is 3.05. The summed E-state index contributed by atoms with van der Waals surface area (Å²) in [6.45, 7) is 2.04. The first-order chi connectivity index (χ1) is 10.7. The van der Waals surface area contributed by atoms with Crippen LogP contribution in [0.3, 0.4) is 0 Å². The number of pyridine rings is 2. The van der Waals surface area contributed by atoms with Crippen molar-refractivity contribution in [3.8, 4) is 11.3 Å². The summed E-state index contributed by atoms with van der Waals surface area (Å²) in [4.78, 5) is 9.34. The summed E-state index contributed by atoms with van der Waals surface area (Å²) in [6.07, 6.45) is 0. The second kappa shape index (κ2) is 5.08. The third kappa shape index (κ3) is 2.13. The molecule has 0 amide bonds. The van der Waals surface area contributed by atoms with Gasteiger partial charge in [-0.3, -0.25) is 0 Å². The van der Waals surface area contributed by atoms with E-state index in [1.165, 1.54) is 0 Å². The largest absolute Gasteiger partial charge is 0.245 e. The molecule has 0 N–H and O–H groups in total. The fourth-order valence-electron chi connectivity index (χ4n) is 2.77. The molecule has 0 atom stereocenters. The lowest BCUT2D eigenvalue weighted by molar-refractivity contribution is 1.35. The van der Waals surface area contributed by atoms with E-state index in [9.17, 15) is 0 Å². The molecule has 2 nitrogen and oxygen atoms in total. The van der Waals surface area contributed by atoms with Crippen molar-refractivity contribution >= 4 is 33.4 Å². The van der Waals surface area contributed by atoms with Gasteiger partial charge in [-0.2, -0.15) is 0 Å². The fourth-order valence-corrected chi connectivity index (χ4v) is 3.02. The molecule has 0 radical (unpaired) electrons. The van der Waals surface area contributed by atoms with Crippen molar-refractivity contribution in [2.24, 2.45) is 0 Å². The number of aryl methyl sites for hydroxylation is 1. The maximum Gasteiger partial charge on any atom is 0.130 e. The molecule has 2 aromatic carbocycles. The highest BCUT2D eigenvalue weighted by Gasteiger charge is 2.08. The fraction of sp³-hybridized carbons (Fsp3) is 0.0526. The third-order valence-corrected chi connectivity index (χ3v) is 4.08. The van der Waals surface area contributed by atoms with Gasteiger partial charge in [0.15, 0.2) is 0 Å². The van der Waals surface area contributed by atoms with E-state index in [1.807, 2.05) is 37.3 Å². The Bertz CT molecular complexity index is 994. The molecule has 3 heteroatoms. The van der Waals surface area contributed by atoms with Crippen molar-refractivity contribution in [2.45, 2.75) is 6.92 Å². The number of aromatic nitrogens is 2. The molecule has 0 saturated heterocycles. The zero-order valence-electron chi connectivity index (χ0n) is 12.0. The van der Waals surface area contributed by atoms with E-state index in [2.05, 4.69) is 35.3 Å². The number of benzene rings is 2. The van der Waals surface area contributed by atoms with Crippen LogP contribution in [0.25, 0.3) is 33.1 Å². The molecule has 2 aromatic heterocycles. The highest BCUT2D eigenvalue weighted by molar-refractivity contribution is 6.30. The molecule has 0 spiro atoms. The normalized spacial score (nSPS) is 11.2. The van der Waals surface area contributed by atoms with E-state index < -0.39 is 0 Å². The molecule has 0 aliphatic rings. The Labute approximate surface area is 133 Å². The molecule has 2 heterocycles. The van der Waals surface area contributed by atoms with Gasteiger partial charge in [0.05, 0.1) is 16.7 Å². The molecule has 4 aromatic rings. The zero-order chi connectivity index (χ0) is 15.1. The molecular weight excluding hydrogens is 292 g/mol. The second-order valence-corrected chi connectivity index (χ2v) is 5.75. The van der Waals surface area contributed by atoms with Gasteiger partial charge in [0.1, 0.15) is 5.15 Å². The molecule has 0 saturated carbocycles. The molecule has 0 aliphatic heterocycles. The maximum atomic E-state index is 6.14. The van der Waals surface area contributed by atoms with Gasteiger partial charge in [-0.15, -0.1) is 0 Å². The van der Waals surface area contributed by atoms with Gasteiger partial charge in [-0.25, -0.2) is 9.97 Å². The molecule has 0 bridgehead atoms.